The summed E-state index contributed by atoms with van der Waals surface area (Å²) in [7, 11) is 0. The van der Waals surface area contributed by atoms with E-state index in [2.05, 4.69) is 29.9 Å². The summed E-state index contributed by atoms with van der Waals surface area (Å²) in [5, 5.41) is 0. The largest absolute Gasteiger partial charge is 0.327 e. The second-order valence-electron chi connectivity index (χ2n) is 8.48. The Morgan fingerprint density at radius 3 is 2.47 bits per heavy atom. The Balaban J connectivity index is 1.50. The average molecular weight is 406 g/mol. The molecule has 0 unspecified atom stereocenters. The zero-order valence-corrected chi connectivity index (χ0v) is 17.9. The Kier molecular flexibility index (Phi) is 5.28. The maximum absolute atomic E-state index is 13.0. The molecule has 3 aromatic rings. The molecule has 1 aliphatic heterocycles. The number of aryl methyl sites for hydroxylation is 2. The van der Waals surface area contributed by atoms with Crippen LogP contribution in [0.1, 0.15) is 35.3 Å². The summed E-state index contributed by atoms with van der Waals surface area (Å²) in [6.45, 7) is 10.2. The summed E-state index contributed by atoms with van der Waals surface area (Å²) >= 11 is 0. The van der Waals surface area contributed by atoms with Gasteiger partial charge in [-0.15, -0.1) is 0 Å². The van der Waals surface area contributed by atoms with Gasteiger partial charge >= 0.3 is 0 Å². The zero-order chi connectivity index (χ0) is 21.4. The Morgan fingerprint density at radius 2 is 1.80 bits per heavy atom. The topological polar surface area (TPSA) is 71.3 Å². The van der Waals surface area contributed by atoms with E-state index in [9.17, 15) is 9.59 Å². The number of piperazine rings is 1. The van der Waals surface area contributed by atoms with E-state index in [4.69, 9.17) is 0 Å². The van der Waals surface area contributed by atoms with E-state index < -0.39 is 0 Å². The first-order valence-electron chi connectivity index (χ1n) is 10.3. The van der Waals surface area contributed by atoms with Crippen LogP contribution in [-0.4, -0.2) is 50.9 Å². The van der Waals surface area contributed by atoms with Crippen molar-refractivity contribution in [3.8, 4) is 0 Å². The van der Waals surface area contributed by atoms with Gasteiger partial charge in [-0.3, -0.25) is 9.59 Å². The van der Waals surface area contributed by atoms with Crippen molar-refractivity contribution in [3.63, 3.8) is 0 Å². The van der Waals surface area contributed by atoms with Gasteiger partial charge in [-0.2, -0.15) is 0 Å². The van der Waals surface area contributed by atoms with Gasteiger partial charge in [0.2, 0.25) is 5.91 Å². The molecule has 2 aromatic heterocycles. The number of pyridine rings is 1. The summed E-state index contributed by atoms with van der Waals surface area (Å²) < 4.78 is 2.00. The molecule has 0 radical (unpaired) electrons. The molecular weight excluding hydrogens is 378 g/mol. The molecule has 0 atom stereocenters. The van der Waals surface area contributed by atoms with Crippen molar-refractivity contribution < 1.29 is 9.59 Å². The zero-order valence-electron chi connectivity index (χ0n) is 17.9. The Hall–Kier alpha value is -3.22. The number of aromatic nitrogens is 3. The van der Waals surface area contributed by atoms with Crippen LogP contribution in [0, 0.1) is 19.8 Å². The molecule has 1 fully saturated rings. The molecule has 0 spiro atoms. The lowest BCUT2D eigenvalue weighted by Crippen LogP contribution is -2.52. The number of amides is 2. The number of imidazole rings is 1. The highest BCUT2D eigenvalue weighted by molar-refractivity contribution is 6.02. The van der Waals surface area contributed by atoms with E-state index >= 15 is 0 Å². The smallest absolute Gasteiger partial charge is 0.256 e. The van der Waals surface area contributed by atoms with Gasteiger partial charge in [-0.1, -0.05) is 19.9 Å². The van der Waals surface area contributed by atoms with Crippen molar-refractivity contribution in [3.05, 3.63) is 53.5 Å². The van der Waals surface area contributed by atoms with Crippen LogP contribution in [0.4, 0.5) is 5.69 Å². The first-order chi connectivity index (χ1) is 14.3. The highest BCUT2D eigenvalue weighted by Gasteiger charge is 2.29. The Labute approximate surface area is 176 Å². The predicted molar refractivity (Wildman–Crippen MR) is 117 cm³/mol. The molecule has 7 nitrogen and oxygen atoms in total. The van der Waals surface area contributed by atoms with Gasteiger partial charge < -0.3 is 14.4 Å². The summed E-state index contributed by atoms with van der Waals surface area (Å²) in [6.07, 6.45) is 3.35. The van der Waals surface area contributed by atoms with Crippen LogP contribution in [-0.2, 0) is 11.3 Å². The summed E-state index contributed by atoms with van der Waals surface area (Å²) in [4.78, 5) is 38.0. The standard InChI is InChI=1S/C23H27N5O2/c1-15(2)12-27-14-25-20-10-18(11-24-22(20)27)23(30)26-5-6-28(21(29)13-26)19-8-16(3)7-17(4)9-19/h7-11,14-15H,5-6,12-13H2,1-4H3. The van der Waals surface area contributed by atoms with Crippen LogP contribution in [0.2, 0.25) is 0 Å². The highest BCUT2D eigenvalue weighted by Crippen LogP contribution is 2.22. The Bertz CT molecular complexity index is 1100. The SMILES string of the molecule is Cc1cc(C)cc(N2CCN(C(=O)c3cnc4c(c3)ncn4CC(C)C)CC2=O)c1. The highest BCUT2D eigenvalue weighted by atomic mass is 16.2. The number of fused-ring (bicyclic) bond motifs is 1. The third-order valence-electron chi connectivity index (χ3n) is 5.29. The minimum atomic E-state index is -0.184. The van der Waals surface area contributed by atoms with Gasteiger partial charge in [0.15, 0.2) is 5.65 Å². The molecule has 2 amide bonds. The van der Waals surface area contributed by atoms with Crippen LogP contribution >= 0.6 is 0 Å². The molecule has 1 aromatic carbocycles. The number of carbonyl (C=O) groups excluding carboxylic acids is 2. The lowest BCUT2D eigenvalue weighted by Gasteiger charge is -2.34. The number of anilines is 1. The van der Waals surface area contributed by atoms with Gasteiger partial charge in [0, 0.05) is 31.5 Å². The van der Waals surface area contributed by atoms with Crippen molar-refractivity contribution in [1.29, 1.82) is 0 Å². The van der Waals surface area contributed by atoms with Gasteiger partial charge in [-0.25, -0.2) is 9.97 Å². The number of hydrogen-bond acceptors (Lipinski definition) is 4. The minimum Gasteiger partial charge on any atom is -0.327 e. The molecule has 156 valence electrons. The number of carbonyl (C=O) groups is 2. The molecule has 30 heavy (non-hydrogen) atoms. The summed E-state index contributed by atoms with van der Waals surface area (Å²) in [5.74, 6) is 0.219. The van der Waals surface area contributed by atoms with Crippen molar-refractivity contribution in [2.75, 3.05) is 24.5 Å². The fraction of sp³-hybridized carbons (Fsp3) is 0.391. The van der Waals surface area contributed by atoms with E-state index in [1.807, 2.05) is 30.5 Å². The number of hydrogen-bond donors (Lipinski definition) is 0. The lowest BCUT2D eigenvalue weighted by molar-refractivity contribution is -0.120. The summed E-state index contributed by atoms with van der Waals surface area (Å²) in [5.41, 5.74) is 5.06. The van der Waals surface area contributed by atoms with Gasteiger partial charge in [-0.05, 0) is 49.1 Å². The minimum absolute atomic E-state index is 0.0612. The molecule has 1 saturated heterocycles. The van der Waals surface area contributed by atoms with Crippen molar-refractivity contribution in [1.82, 2.24) is 19.4 Å². The average Bonchev–Trinajstić information content (AvgIpc) is 3.08. The molecule has 0 bridgehead atoms. The second kappa shape index (κ2) is 7.89. The molecule has 1 aliphatic rings. The number of rotatable bonds is 4. The Morgan fingerprint density at radius 1 is 1.07 bits per heavy atom. The van der Waals surface area contributed by atoms with Gasteiger partial charge in [0.05, 0.1) is 11.9 Å². The molecule has 4 rings (SSSR count). The van der Waals surface area contributed by atoms with Crippen molar-refractivity contribution >= 4 is 28.7 Å². The molecule has 0 aliphatic carbocycles. The maximum atomic E-state index is 13.0. The van der Waals surface area contributed by atoms with Crippen molar-refractivity contribution in [2.24, 2.45) is 5.92 Å². The van der Waals surface area contributed by atoms with E-state index in [1.54, 1.807) is 28.4 Å². The van der Waals surface area contributed by atoms with E-state index in [0.717, 1.165) is 29.0 Å². The van der Waals surface area contributed by atoms with Crippen LogP contribution in [0.25, 0.3) is 11.2 Å². The van der Waals surface area contributed by atoms with Crippen LogP contribution in [0.3, 0.4) is 0 Å². The third kappa shape index (κ3) is 3.92. The fourth-order valence-electron chi connectivity index (χ4n) is 4.00. The van der Waals surface area contributed by atoms with Crippen molar-refractivity contribution in [2.45, 2.75) is 34.2 Å². The molecule has 3 heterocycles. The monoisotopic (exact) mass is 405 g/mol. The lowest BCUT2D eigenvalue weighted by atomic mass is 10.1. The van der Waals surface area contributed by atoms with Crippen LogP contribution < -0.4 is 4.90 Å². The molecule has 7 heteroatoms. The van der Waals surface area contributed by atoms with E-state index in [0.29, 0.717) is 30.1 Å². The normalized spacial score (nSPS) is 14.8. The third-order valence-corrected chi connectivity index (χ3v) is 5.29. The maximum Gasteiger partial charge on any atom is 0.256 e. The quantitative estimate of drug-likeness (QED) is 0.668. The predicted octanol–water partition coefficient (Wildman–Crippen LogP) is 3.19. The van der Waals surface area contributed by atoms with Crippen LogP contribution in [0.5, 0.6) is 0 Å². The van der Waals surface area contributed by atoms with E-state index in [1.165, 1.54) is 0 Å². The fourth-order valence-corrected chi connectivity index (χ4v) is 4.00. The van der Waals surface area contributed by atoms with Gasteiger partial charge in [0.25, 0.3) is 5.91 Å². The molecule has 0 saturated carbocycles. The number of nitrogens with zero attached hydrogens (tertiary/aromatic N) is 5. The van der Waals surface area contributed by atoms with Crippen LogP contribution in [0.15, 0.2) is 36.8 Å². The first kappa shape index (κ1) is 20.1. The van der Waals surface area contributed by atoms with Gasteiger partial charge in [0.1, 0.15) is 12.1 Å². The summed E-state index contributed by atoms with van der Waals surface area (Å²) in [6, 6.07) is 7.86. The first-order valence-corrected chi connectivity index (χ1v) is 10.3. The van der Waals surface area contributed by atoms with E-state index in [-0.39, 0.29) is 18.4 Å². The number of benzene rings is 1. The second-order valence-corrected chi connectivity index (χ2v) is 8.48. The molecule has 0 N–H and O–H groups in total. The molecular formula is C23H27N5O2.